The van der Waals surface area contributed by atoms with E-state index >= 15 is 0 Å². The summed E-state index contributed by atoms with van der Waals surface area (Å²) in [6, 6.07) is 10.3. The number of aromatic nitrogens is 1. The summed E-state index contributed by atoms with van der Waals surface area (Å²) in [5, 5.41) is 3.28. The van der Waals surface area contributed by atoms with E-state index < -0.39 is 0 Å². The first-order chi connectivity index (χ1) is 11.1. The van der Waals surface area contributed by atoms with Gasteiger partial charge in [-0.25, -0.2) is 4.98 Å². The maximum atomic E-state index is 5.90. The van der Waals surface area contributed by atoms with Crippen LogP contribution in [0.25, 0.3) is 0 Å². The third kappa shape index (κ3) is 5.77. The van der Waals surface area contributed by atoms with Crippen molar-refractivity contribution in [1.29, 1.82) is 0 Å². The first-order valence-corrected chi connectivity index (χ1v) is 8.82. The van der Waals surface area contributed by atoms with E-state index in [4.69, 9.17) is 9.72 Å². The first-order valence-electron chi connectivity index (χ1n) is 7.94. The lowest BCUT2D eigenvalue weighted by Gasteiger charge is -2.21. The number of benzene rings is 1. The molecule has 0 N–H and O–H groups in total. The Morgan fingerprint density at radius 3 is 2.74 bits per heavy atom. The molecule has 2 rings (SSSR count). The van der Waals surface area contributed by atoms with Crippen molar-refractivity contribution >= 4 is 11.3 Å². The molecule has 0 unspecified atom stereocenters. The second-order valence-corrected chi connectivity index (χ2v) is 7.06. The minimum Gasteiger partial charge on any atom is -0.376 e. The fourth-order valence-corrected chi connectivity index (χ4v) is 3.11. The molecule has 0 atom stereocenters. The van der Waals surface area contributed by atoms with Gasteiger partial charge in [0.05, 0.1) is 18.9 Å². The molecule has 0 aliphatic heterocycles. The van der Waals surface area contributed by atoms with Crippen LogP contribution in [0.1, 0.15) is 36.5 Å². The highest BCUT2D eigenvalue weighted by molar-refractivity contribution is 7.09. The molecule has 122 valence electrons. The third-order valence-electron chi connectivity index (χ3n) is 3.50. The van der Waals surface area contributed by atoms with Crippen LogP contribution in [0, 0.1) is 0 Å². The first kappa shape index (κ1) is 17.6. The molecule has 23 heavy (non-hydrogen) atoms. The van der Waals surface area contributed by atoms with Crippen molar-refractivity contribution < 1.29 is 4.74 Å². The Labute approximate surface area is 143 Å². The molecular weight excluding hydrogens is 302 g/mol. The van der Waals surface area contributed by atoms with Gasteiger partial charge in [0.15, 0.2) is 0 Å². The summed E-state index contributed by atoms with van der Waals surface area (Å²) in [5.74, 6) is 0. The Bertz CT molecular complexity index is 628. The van der Waals surface area contributed by atoms with Crippen LogP contribution in [-0.4, -0.2) is 11.6 Å². The van der Waals surface area contributed by atoms with Crippen molar-refractivity contribution in [3.8, 4) is 0 Å². The second kappa shape index (κ2) is 8.80. The summed E-state index contributed by atoms with van der Waals surface area (Å²) in [7, 11) is 0. The monoisotopic (exact) mass is 327 g/mol. The average Bonchev–Trinajstić information content (AvgIpc) is 3.02. The van der Waals surface area contributed by atoms with Gasteiger partial charge < -0.3 is 4.74 Å². The Hall–Kier alpha value is -1.71. The number of thiazole rings is 1. The molecule has 0 spiro atoms. The van der Waals surface area contributed by atoms with Gasteiger partial charge in [-0.2, -0.15) is 0 Å². The number of ether oxygens (including phenoxy) is 1. The molecule has 0 aliphatic rings. The predicted molar refractivity (Wildman–Crippen MR) is 98.9 cm³/mol. The topological polar surface area (TPSA) is 22.1 Å². The number of hydrogen-bond donors (Lipinski definition) is 0. The van der Waals surface area contributed by atoms with Crippen molar-refractivity contribution in [1.82, 2.24) is 4.98 Å². The Morgan fingerprint density at radius 2 is 2.00 bits per heavy atom. The lowest BCUT2D eigenvalue weighted by Crippen LogP contribution is -2.24. The van der Waals surface area contributed by atoms with Crippen molar-refractivity contribution in [3.05, 3.63) is 76.8 Å². The molecule has 0 amide bonds. The highest BCUT2D eigenvalue weighted by Gasteiger charge is 2.24. The van der Waals surface area contributed by atoms with Gasteiger partial charge in [0.25, 0.3) is 0 Å². The minimum absolute atomic E-state index is 0.0669. The summed E-state index contributed by atoms with van der Waals surface area (Å²) in [5.41, 5.74) is 2.26. The highest BCUT2D eigenvalue weighted by atomic mass is 32.1. The molecule has 0 bridgehead atoms. The average molecular weight is 327 g/mol. The van der Waals surface area contributed by atoms with Gasteiger partial charge in [-0.3, -0.25) is 0 Å². The zero-order chi connectivity index (χ0) is 16.5. The van der Waals surface area contributed by atoms with Crippen LogP contribution in [0.15, 0.2) is 60.5 Å². The summed E-state index contributed by atoms with van der Waals surface area (Å²) < 4.78 is 5.90. The lowest BCUT2D eigenvalue weighted by atomic mass is 9.96. The van der Waals surface area contributed by atoms with Crippen LogP contribution in [0.2, 0.25) is 0 Å². The number of hydrogen-bond acceptors (Lipinski definition) is 3. The Kier molecular flexibility index (Phi) is 6.75. The van der Waals surface area contributed by atoms with Crippen molar-refractivity contribution in [2.24, 2.45) is 0 Å². The van der Waals surface area contributed by atoms with Crippen LogP contribution in [0.5, 0.6) is 0 Å². The molecule has 2 aromatic rings. The molecule has 0 saturated heterocycles. The SMILES string of the molecule is C=CC/C=C\Cc1csc(C(C)(C)COCc2ccccc2)n1. The zero-order valence-electron chi connectivity index (χ0n) is 14.0. The fourth-order valence-electron chi connectivity index (χ4n) is 2.17. The van der Waals surface area contributed by atoms with Crippen LogP contribution >= 0.6 is 11.3 Å². The van der Waals surface area contributed by atoms with Gasteiger partial charge in [-0.1, -0.05) is 62.4 Å². The van der Waals surface area contributed by atoms with Crippen molar-refractivity contribution in [3.63, 3.8) is 0 Å². The van der Waals surface area contributed by atoms with Gasteiger partial charge >= 0.3 is 0 Å². The zero-order valence-corrected chi connectivity index (χ0v) is 14.8. The van der Waals surface area contributed by atoms with E-state index in [1.807, 2.05) is 24.3 Å². The van der Waals surface area contributed by atoms with Crippen LogP contribution in [0.3, 0.4) is 0 Å². The predicted octanol–water partition coefficient (Wildman–Crippen LogP) is 5.31. The highest BCUT2D eigenvalue weighted by Crippen LogP contribution is 2.27. The van der Waals surface area contributed by atoms with Gasteiger partial charge in [-0.05, 0) is 12.0 Å². The molecule has 1 aromatic heterocycles. The lowest BCUT2D eigenvalue weighted by molar-refractivity contribution is 0.0823. The van der Waals surface area contributed by atoms with E-state index in [1.54, 1.807) is 11.3 Å². The number of allylic oxidation sites excluding steroid dienone is 3. The third-order valence-corrected chi connectivity index (χ3v) is 4.76. The second-order valence-electron chi connectivity index (χ2n) is 6.21. The van der Waals surface area contributed by atoms with Gasteiger partial charge in [0.2, 0.25) is 0 Å². The molecule has 3 heteroatoms. The largest absolute Gasteiger partial charge is 0.376 e. The van der Waals surface area contributed by atoms with Gasteiger partial charge in [-0.15, -0.1) is 17.9 Å². The maximum absolute atomic E-state index is 5.90. The fraction of sp³-hybridized carbons (Fsp3) is 0.350. The normalized spacial score (nSPS) is 11.9. The van der Waals surface area contributed by atoms with E-state index in [9.17, 15) is 0 Å². The summed E-state index contributed by atoms with van der Waals surface area (Å²) >= 11 is 1.72. The molecule has 0 radical (unpaired) electrons. The van der Waals surface area contributed by atoms with Crippen LogP contribution < -0.4 is 0 Å². The Balaban J connectivity index is 1.86. The summed E-state index contributed by atoms with van der Waals surface area (Å²) in [4.78, 5) is 4.77. The number of rotatable bonds is 9. The molecule has 2 nitrogen and oxygen atoms in total. The van der Waals surface area contributed by atoms with Crippen molar-refractivity contribution in [2.75, 3.05) is 6.61 Å². The summed E-state index contributed by atoms with van der Waals surface area (Å²) in [6.07, 6.45) is 7.97. The summed E-state index contributed by atoms with van der Waals surface area (Å²) in [6.45, 7) is 9.40. The molecule has 0 fully saturated rings. The molecular formula is C20H25NOS. The number of nitrogens with zero attached hydrogens (tertiary/aromatic N) is 1. The van der Waals surface area contributed by atoms with Crippen LogP contribution in [0.4, 0.5) is 0 Å². The van der Waals surface area contributed by atoms with Crippen molar-refractivity contribution in [2.45, 2.75) is 38.7 Å². The van der Waals surface area contributed by atoms with Gasteiger partial charge in [0, 0.05) is 17.2 Å². The molecule has 1 heterocycles. The molecule has 1 aromatic carbocycles. The minimum atomic E-state index is -0.0669. The molecule has 0 aliphatic carbocycles. The standard InChI is InChI=1S/C20H25NOS/c1-4-5-6-10-13-18-15-23-19(21-18)20(2,3)16-22-14-17-11-8-7-9-12-17/h4,6-12,15H,1,5,13-14,16H2,2-3H3/b10-6-. The van der Waals surface area contributed by atoms with E-state index in [1.165, 1.54) is 5.56 Å². The smallest absolute Gasteiger partial charge is 0.101 e. The quantitative estimate of drug-likeness (QED) is 0.582. The van der Waals surface area contributed by atoms with E-state index in [0.29, 0.717) is 13.2 Å². The van der Waals surface area contributed by atoms with E-state index in [2.05, 4.69) is 50.1 Å². The van der Waals surface area contributed by atoms with Gasteiger partial charge in [0.1, 0.15) is 5.01 Å². The van der Waals surface area contributed by atoms with E-state index in [0.717, 1.165) is 23.5 Å². The van der Waals surface area contributed by atoms with E-state index in [-0.39, 0.29) is 5.41 Å². The van der Waals surface area contributed by atoms with Crippen LogP contribution in [-0.2, 0) is 23.2 Å². The maximum Gasteiger partial charge on any atom is 0.101 e. The molecule has 0 saturated carbocycles. The Morgan fingerprint density at radius 1 is 1.22 bits per heavy atom.